The van der Waals surface area contributed by atoms with Crippen molar-refractivity contribution in [3.8, 4) is 0 Å². The summed E-state index contributed by atoms with van der Waals surface area (Å²) in [5.74, 6) is 0.479. The number of rotatable bonds is 3. The Morgan fingerprint density at radius 1 is 1.82 bits per heavy atom. The molecular weight excluding hydrogens is 174 g/mol. The second-order valence-corrected chi connectivity index (χ2v) is 4.09. The van der Waals surface area contributed by atoms with Crippen molar-refractivity contribution in [1.82, 2.24) is 0 Å². The van der Waals surface area contributed by atoms with Gasteiger partial charge >= 0.3 is 0 Å². The molecule has 1 atom stereocenters. The lowest BCUT2D eigenvalue weighted by atomic mass is 10.1. The molecule has 0 aliphatic rings. The largest absolute Gasteiger partial charge is 0.393 e. The van der Waals surface area contributed by atoms with E-state index in [1.807, 2.05) is 0 Å². The second-order valence-electron chi connectivity index (χ2n) is 2.59. The van der Waals surface area contributed by atoms with E-state index >= 15 is 0 Å². The third-order valence-corrected chi connectivity index (χ3v) is 2.81. The Balaban J connectivity index is 2.56. The van der Waals surface area contributed by atoms with Crippen LogP contribution in [0.1, 0.15) is 24.1 Å². The van der Waals surface area contributed by atoms with Gasteiger partial charge in [-0.15, -0.1) is 11.3 Å². The first kappa shape index (κ1) is 8.68. The first-order valence-electron chi connectivity index (χ1n) is 3.52. The molecule has 3 heteroatoms. The molecule has 1 unspecified atom stereocenters. The number of hydrogen-bond acceptors (Lipinski definition) is 2. The van der Waals surface area contributed by atoms with Gasteiger partial charge < -0.3 is 5.73 Å². The lowest BCUT2D eigenvalue weighted by Gasteiger charge is -2.06. The predicted molar refractivity (Wildman–Crippen MR) is 54.1 cm³/mol. The molecule has 1 aromatic heterocycles. The van der Waals surface area contributed by atoms with Crippen molar-refractivity contribution in [3.05, 3.63) is 22.4 Å². The zero-order chi connectivity index (χ0) is 8.27. The van der Waals surface area contributed by atoms with E-state index in [2.05, 4.69) is 24.4 Å². The van der Waals surface area contributed by atoms with Crippen molar-refractivity contribution < 1.29 is 0 Å². The minimum Gasteiger partial charge on any atom is -0.393 e. The number of hydrogen-bond donors (Lipinski definition) is 1. The van der Waals surface area contributed by atoms with Crippen LogP contribution in [0.5, 0.6) is 0 Å². The zero-order valence-electron chi connectivity index (χ0n) is 6.41. The van der Waals surface area contributed by atoms with Crippen molar-refractivity contribution in [2.45, 2.75) is 19.3 Å². The Morgan fingerprint density at radius 2 is 2.55 bits per heavy atom. The maximum Gasteiger partial charge on any atom is 0.0733 e. The first-order valence-corrected chi connectivity index (χ1v) is 4.80. The lowest BCUT2D eigenvalue weighted by Crippen LogP contribution is -2.10. The highest BCUT2D eigenvalue weighted by molar-refractivity contribution is 7.80. The van der Waals surface area contributed by atoms with Crippen LogP contribution >= 0.6 is 23.6 Å². The van der Waals surface area contributed by atoms with E-state index in [-0.39, 0.29) is 0 Å². The van der Waals surface area contributed by atoms with Crippen molar-refractivity contribution in [3.63, 3.8) is 0 Å². The summed E-state index contributed by atoms with van der Waals surface area (Å²) in [6.45, 7) is 2.14. The molecule has 1 rings (SSSR count). The van der Waals surface area contributed by atoms with Crippen LogP contribution in [-0.2, 0) is 0 Å². The van der Waals surface area contributed by atoms with E-state index in [4.69, 9.17) is 18.0 Å². The molecule has 0 saturated carbocycles. The number of thiophene rings is 1. The smallest absolute Gasteiger partial charge is 0.0733 e. The van der Waals surface area contributed by atoms with Gasteiger partial charge in [-0.1, -0.05) is 25.2 Å². The Kier molecular flexibility index (Phi) is 3.02. The summed E-state index contributed by atoms with van der Waals surface area (Å²) in [7, 11) is 0. The number of nitrogens with two attached hydrogens (primary N) is 1. The van der Waals surface area contributed by atoms with Crippen molar-refractivity contribution in [1.29, 1.82) is 0 Å². The molecule has 0 aliphatic carbocycles. The summed E-state index contributed by atoms with van der Waals surface area (Å²) >= 11 is 6.59. The quantitative estimate of drug-likeness (QED) is 0.732. The van der Waals surface area contributed by atoms with Gasteiger partial charge in [-0.3, -0.25) is 0 Å². The van der Waals surface area contributed by atoms with Crippen molar-refractivity contribution in [2.75, 3.05) is 0 Å². The molecule has 0 fully saturated rings. The summed E-state index contributed by atoms with van der Waals surface area (Å²) in [4.78, 5) is 1.96. The summed E-state index contributed by atoms with van der Waals surface area (Å²) < 4.78 is 0. The Morgan fingerprint density at radius 3 is 3.00 bits per heavy atom. The van der Waals surface area contributed by atoms with Crippen LogP contribution in [0.2, 0.25) is 0 Å². The molecule has 1 nitrogen and oxygen atoms in total. The lowest BCUT2D eigenvalue weighted by molar-refractivity contribution is 0.826. The molecule has 0 aromatic carbocycles. The van der Waals surface area contributed by atoms with Gasteiger partial charge in [0.15, 0.2) is 0 Å². The van der Waals surface area contributed by atoms with Crippen LogP contribution in [0.3, 0.4) is 0 Å². The van der Waals surface area contributed by atoms with Gasteiger partial charge in [0.2, 0.25) is 0 Å². The fourth-order valence-corrected chi connectivity index (χ4v) is 2.01. The maximum absolute atomic E-state index is 5.44. The van der Waals surface area contributed by atoms with Crippen LogP contribution in [0.15, 0.2) is 17.5 Å². The average molecular weight is 185 g/mol. The minimum absolute atomic E-state index is 0.479. The van der Waals surface area contributed by atoms with Gasteiger partial charge in [0, 0.05) is 11.3 Å². The molecule has 0 amide bonds. The Bertz CT molecular complexity index is 228. The van der Waals surface area contributed by atoms with Gasteiger partial charge in [0.05, 0.1) is 4.99 Å². The van der Waals surface area contributed by atoms with Crippen LogP contribution in [0.25, 0.3) is 0 Å². The van der Waals surface area contributed by atoms with Crippen LogP contribution in [0, 0.1) is 0 Å². The van der Waals surface area contributed by atoms with E-state index in [1.165, 1.54) is 4.88 Å². The molecule has 0 saturated heterocycles. The standard InChI is InChI=1S/C8H11NS2/c1-6(5-8(9)10)7-3-2-4-11-7/h2-4,6H,5H2,1H3,(H2,9,10). The normalized spacial score (nSPS) is 12.8. The molecule has 1 heterocycles. The SMILES string of the molecule is CC(CC(N)=S)c1cccs1. The average Bonchev–Trinajstić information content (AvgIpc) is 2.35. The van der Waals surface area contributed by atoms with Gasteiger partial charge in [-0.25, -0.2) is 0 Å². The molecule has 0 bridgehead atoms. The summed E-state index contributed by atoms with van der Waals surface area (Å²) in [6.07, 6.45) is 0.815. The highest BCUT2D eigenvalue weighted by atomic mass is 32.1. The van der Waals surface area contributed by atoms with E-state index < -0.39 is 0 Å². The second kappa shape index (κ2) is 3.83. The Hall–Kier alpha value is -0.410. The fourth-order valence-electron chi connectivity index (χ4n) is 0.974. The molecule has 0 spiro atoms. The maximum atomic E-state index is 5.44. The molecule has 2 N–H and O–H groups in total. The van der Waals surface area contributed by atoms with Crippen LogP contribution in [0.4, 0.5) is 0 Å². The van der Waals surface area contributed by atoms with Crippen molar-refractivity contribution in [2.24, 2.45) is 5.73 Å². The van der Waals surface area contributed by atoms with E-state index in [1.54, 1.807) is 11.3 Å². The summed E-state index contributed by atoms with van der Waals surface area (Å²) in [5, 5.41) is 2.07. The molecule has 0 radical (unpaired) electrons. The third-order valence-electron chi connectivity index (χ3n) is 1.54. The van der Waals surface area contributed by atoms with Gasteiger partial charge in [0.25, 0.3) is 0 Å². The van der Waals surface area contributed by atoms with Gasteiger partial charge in [-0.2, -0.15) is 0 Å². The summed E-state index contributed by atoms with van der Waals surface area (Å²) in [5.41, 5.74) is 5.44. The predicted octanol–water partition coefficient (Wildman–Crippen LogP) is 2.53. The minimum atomic E-state index is 0.479. The van der Waals surface area contributed by atoms with Crippen LogP contribution in [-0.4, -0.2) is 4.99 Å². The van der Waals surface area contributed by atoms with Crippen LogP contribution < -0.4 is 5.73 Å². The topological polar surface area (TPSA) is 26.0 Å². The fraction of sp³-hybridized carbons (Fsp3) is 0.375. The Labute approximate surface area is 76.2 Å². The number of thiocarbonyl (C=S) groups is 1. The van der Waals surface area contributed by atoms with Gasteiger partial charge in [-0.05, 0) is 17.4 Å². The monoisotopic (exact) mass is 185 g/mol. The molecule has 1 aromatic rings. The molecule has 11 heavy (non-hydrogen) atoms. The van der Waals surface area contributed by atoms with E-state index in [0.717, 1.165) is 6.42 Å². The zero-order valence-corrected chi connectivity index (χ0v) is 8.04. The first-order chi connectivity index (χ1) is 5.20. The van der Waals surface area contributed by atoms with E-state index in [0.29, 0.717) is 10.9 Å². The third kappa shape index (κ3) is 2.60. The van der Waals surface area contributed by atoms with Crippen molar-refractivity contribution >= 4 is 28.5 Å². The molecular formula is C8H11NS2. The summed E-state index contributed by atoms with van der Waals surface area (Å²) in [6, 6.07) is 4.17. The highest BCUT2D eigenvalue weighted by Gasteiger charge is 2.06. The van der Waals surface area contributed by atoms with Gasteiger partial charge in [0.1, 0.15) is 0 Å². The van der Waals surface area contributed by atoms with E-state index in [9.17, 15) is 0 Å². The highest BCUT2D eigenvalue weighted by Crippen LogP contribution is 2.23. The molecule has 60 valence electrons. The molecule has 0 aliphatic heterocycles.